The molecule has 7 N–H and O–H groups in total. The van der Waals surface area contributed by atoms with Gasteiger partial charge in [-0.1, -0.05) is 0 Å². The predicted molar refractivity (Wildman–Crippen MR) is 137 cm³/mol. The quantitative estimate of drug-likeness (QED) is 0.0939. The van der Waals surface area contributed by atoms with E-state index in [2.05, 4.69) is 25.1 Å². The van der Waals surface area contributed by atoms with E-state index in [-0.39, 0.29) is 17.0 Å². The maximum Gasteiger partial charge on any atom is 0.472 e. The van der Waals surface area contributed by atoms with E-state index >= 15 is 0 Å². The molecule has 0 aliphatic carbocycles. The number of pyridine rings is 1. The summed E-state index contributed by atoms with van der Waals surface area (Å²) in [6.45, 7) is -1.60. The van der Waals surface area contributed by atoms with Crippen LogP contribution in [0.15, 0.2) is 36.0 Å². The van der Waals surface area contributed by atoms with Crippen molar-refractivity contribution < 1.29 is 61.4 Å². The minimum atomic E-state index is -5.08. The summed E-state index contributed by atoms with van der Waals surface area (Å²) in [4.78, 5) is 45.6. The van der Waals surface area contributed by atoms with Crippen LogP contribution in [0.4, 0.5) is 5.69 Å². The number of nitrogens with one attached hydrogen (secondary N) is 1. The van der Waals surface area contributed by atoms with Gasteiger partial charge in [0.25, 0.3) is 6.23 Å². The molecule has 44 heavy (non-hydrogen) atoms. The first-order valence-electron chi connectivity index (χ1n) is 12.8. The maximum absolute atomic E-state index is 13.2. The minimum Gasteiger partial charge on any atom is -0.397 e. The number of imidazole rings is 1. The average molecular weight is 660 g/mol. The van der Waals surface area contributed by atoms with Crippen molar-refractivity contribution in [1.82, 2.24) is 34.2 Å². The van der Waals surface area contributed by atoms with Gasteiger partial charge < -0.3 is 35.2 Å². The number of H-pyrrole nitrogens is 1. The van der Waals surface area contributed by atoms with Crippen LogP contribution < -0.4 is 16.0 Å². The lowest BCUT2D eigenvalue weighted by atomic mass is 10.1. The van der Waals surface area contributed by atoms with Crippen LogP contribution in [0.25, 0.3) is 16.8 Å². The first kappa shape index (κ1) is 29.5. The molecule has 2 bridgehead atoms. The van der Waals surface area contributed by atoms with Crippen molar-refractivity contribution in [3.63, 3.8) is 0 Å². The summed E-state index contributed by atoms with van der Waals surface area (Å²) < 4.78 is 62.2. The molecule has 3 saturated heterocycles. The number of hydrogen-bond acceptors (Lipinski definition) is 16. The molecule has 10 atom stereocenters. The highest BCUT2D eigenvalue weighted by Crippen LogP contribution is 2.53. The number of aromatic amines is 1. The van der Waals surface area contributed by atoms with E-state index in [1.807, 2.05) is 0 Å². The lowest BCUT2D eigenvalue weighted by Crippen LogP contribution is -2.50. The fraction of sp³-hybridized carbons (Fsp3) is 0.500. The third-order valence-corrected chi connectivity index (χ3v) is 9.23. The first-order valence-corrected chi connectivity index (χ1v) is 15.8. The van der Waals surface area contributed by atoms with Crippen molar-refractivity contribution in [3.8, 4) is 0 Å². The second-order valence-corrected chi connectivity index (χ2v) is 12.8. The topological polar surface area (TPSA) is 294 Å². The Morgan fingerprint density at radius 2 is 1.68 bits per heavy atom. The summed E-state index contributed by atoms with van der Waals surface area (Å²) in [5.74, 6) is 0. The number of hydrogen-bond donors (Lipinski definition) is 6. The van der Waals surface area contributed by atoms with E-state index in [4.69, 9.17) is 33.3 Å². The van der Waals surface area contributed by atoms with Crippen LogP contribution in [0.1, 0.15) is 12.5 Å². The zero-order valence-corrected chi connectivity index (χ0v) is 23.8. The monoisotopic (exact) mass is 660 g/mol. The Bertz CT molecular complexity index is 1880. The van der Waals surface area contributed by atoms with Crippen LogP contribution in [-0.2, 0) is 36.7 Å². The van der Waals surface area contributed by atoms with E-state index in [0.717, 1.165) is 21.9 Å². The standard InChI is InChI=1S/C20H23N9O13P2/c21-8-1-2-22-16-11(8)23-5-27(16)19-13(31)14-10(40-19)4-38-44(35,36)42-15-12(30)9(3-37-43(33,34)41-14)39-20(15)29-6-24-17-18(32)26-25-7-28(17)29/h1-2,5-7,9-10,12-15,19-20,30-31H,3-4H2,(H4-,21,22,26,32,33,34,35,36)/p+1/t9-,10-,12-,13-,14-,15-,19-,20-/m1/s1. The fourth-order valence-corrected chi connectivity index (χ4v) is 7.13. The van der Waals surface area contributed by atoms with Crippen LogP contribution in [0.3, 0.4) is 0 Å². The number of aromatic nitrogens is 8. The number of aliphatic hydroxyl groups excluding tert-OH is 2. The van der Waals surface area contributed by atoms with Crippen LogP contribution >= 0.6 is 15.6 Å². The molecule has 22 nitrogen and oxygen atoms in total. The number of phosphoric acid groups is 2. The lowest BCUT2D eigenvalue weighted by molar-refractivity contribution is -0.821. The molecule has 4 aromatic heterocycles. The van der Waals surface area contributed by atoms with Crippen LogP contribution in [-0.4, -0.2) is 104 Å². The van der Waals surface area contributed by atoms with Crippen molar-refractivity contribution in [2.24, 2.45) is 0 Å². The van der Waals surface area contributed by atoms with Crippen molar-refractivity contribution in [3.05, 3.63) is 41.6 Å². The van der Waals surface area contributed by atoms with Crippen molar-refractivity contribution >= 4 is 38.1 Å². The van der Waals surface area contributed by atoms with E-state index in [9.17, 15) is 33.9 Å². The number of fused-ring (bicyclic) bond motifs is 5. The highest BCUT2D eigenvalue weighted by molar-refractivity contribution is 7.47. The van der Waals surface area contributed by atoms with Gasteiger partial charge in [0.2, 0.25) is 0 Å². The van der Waals surface area contributed by atoms with Crippen molar-refractivity contribution in [1.29, 1.82) is 0 Å². The normalized spacial score (nSPS) is 38.3. The largest absolute Gasteiger partial charge is 0.472 e. The van der Waals surface area contributed by atoms with Gasteiger partial charge in [-0.05, 0) is 11.1 Å². The maximum atomic E-state index is 13.2. The zero-order chi connectivity index (χ0) is 31.0. The summed E-state index contributed by atoms with van der Waals surface area (Å²) in [6, 6.07) is 1.51. The van der Waals surface area contributed by atoms with Gasteiger partial charge in [-0.3, -0.25) is 27.5 Å². The molecule has 0 amide bonds. The van der Waals surface area contributed by atoms with E-state index < -0.39 is 83.5 Å². The smallest absolute Gasteiger partial charge is 0.397 e. The Kier molecular flexibility index (Phi) is 7.16. The Morgan fingerprint density at radius 1 is 0.955 bits per heavy atom. The Balaban J connectivity index is 1.20. The van der Waals surface area contributed by atoms with Crippen LogP contribution in [0.2, 0.25) is 0 Å². The minimum absolute atomic E-state index is 0.135. The van der Waals surface area contributed by atoms with Gasteiger partial charge in [-0.25, -0.2) is 24.2 Å². The van der Waals surface area contributed by atoms with Gasteiger partial charge in [0.05, 0.1) is 25.2 Å². The molecule has 7 heterocycles. The van der Waals surface area contributed by atoms with E-state index in [1.165, 1.54) is 23.2 Å². The predicted octanol–water partition coefficient (Wildman–Crippen LogP) is -2.73. The summed E-state index contributed by atoms with van der Waals surface area (Å²) in [5.41, 5.74) is 5.92. The average Bonchev–Trinajstić information content (AvgIpc) is 3.73. The molecule has 24 heteroatoms. The Morgan fingerprint density at radius 3 is 2.45 bits per heavy atom. The number of rotatable bonds is 2. The molecule has 7 rings (SSSR count). The molecule has 0 saturated carbocycles. The molecule has 4 aromatic rings. The third-order valence-electron chi connectivity index (χ3n) is 7.26. The van der Waals surface area contributed by atoms with E-state index in [0.29, 0.717) is 5.52 Å². The first-order chi connectivity index (χ1) is 20.9. The summed E-state index contributed by atoms with van der Waals surface area (Å²) >= 11 is 0. The molecule has 2 unspecified atom stereocenters. The van der Waals surface area contributed by atoms with Gasteiger partial charge in [0.15, 0.2) is 24.3 Å². The second-order valence-electron chi connectivity index (χ2n) is 9.98. The molecule has 0 aromatic carbocycles. The summed E-state index contributed by atoms with van der Waals surface area (Å²) in [5, 5.41) is 28.0. The Hall–Kier alpha value is -3.24. The number of phosphoric ester groups is 2. The SMILES string of the molecule is Nc1ccnc2c1ncn2[C@@H]1O[C@@H]2COP(=O)(O)O[C@@H]3[C@H](O)[C@@H](COP(=O)(O)O[C@H]2[C@H]1O)O[C@H]3[n+]1cnc2c(=O)[nH]ncn21. The van der Waals surface area contributed by atoms with Crippen LogP contribution in [0.5, 0.6) is 0 Å². The molecule has 236 valence electrons. The molecule has 3 aliphatic rings. The third kappa shape index (κ3) is 5.04. The fourth-order valence-electron chi connectivity index (χ4n) is 5.23. The molecule has 0 spiro atoms. The van der Waals surface area contributed by atoms with Gasteiger partial charge in [0.1, 0.15) is 36.0 Å². The molecular formula is C20H24N9O13P2+. The van der Waals surface area contributed by atoms with Crippen molar-refractivity contribution in [2.45, 2.75) is 49.1 Å². The van der Waals surface area contributed by atoms with Crippen LogP contribution in [0, 0.1) is 0 Å². The summed E-state index contributed by atoms with van der Waals surface area (Å²) in [6.07, 6.45) is -7.44. The van der Waals surface area contributed by atoms with E-state index in [1.54, 1.807) is 0 Å². The van der Waals surface area contributed by atoms with Crippen molar-refractivity contribution in [2.75, 3.05) is 18.9 Å². The Labute approximate surface area is 243 Å². The van der Waals surface area contributed by atoms with Gasteiger partial charge in [-0.15, -0.1) is 9.20 Å². The number of aliphatic hydroxyl groups is 2. The number of ether oxygens (including phenoxy) is 2. The van der Waals surface area contributed by atoms with Gasteiger partial charge in [0, 0.05) is 6.20 Å². The molecule has 3 fully saturated rings. The molecule has 0 radical (unpaired) electrons. The number of nitrogen functional groups attached to an aromatic ring is 1. The highest BCUT2D eigenvalue weighted by atomic mass is 31.2. The van der Waals surface area contributed by atoms with Gasteiger partial charge >= 0.3 is 33.2 Å². The molecular weight excluding hydrogens is 636 g/mol. The number of nitrogens with zero attached hydrogens (tertiary/aromatic N) is 7. The highest BCUT2D eigenvalue weighted by Gasteiger charge is 2.55. The van der Waals surface area contributed by atoms with Gasteiger partial charge in [-0.2, -0.15) is 5.10 Å². The second kappa shape index (κ2) is 10.7. The summed E-state index contributed by atoms with van der Waals surface area (Å²) in [7, 11) is -10.1. The lowest BCUT2D eigenvalue weighted by Gasteiger charge is -2.24. The molecule has 3 aliphatic heterocycles. The number of nitrogens with two attached hydrogens (primary N) is 1. The zero-order valence-electron chi connectivity index (χ0n) is 22.0. The number of anilines is 1.